The van der Waals surface area contributed by atoms with E-state index in [0.29, 0.717) is 18.0 Å². The molecule has 13 heteroatoms. The van der Waals surface area contributed by atoms with Crippen molar-refractivity contribution >= 4 is 40.8 Å². The lowest BCUT2D eigenvalue weighted by molar-refractivity contribution is -0.119. The molecule has 0 unspecified atom stereocenters. The third-order valence-electron chi connectivity index (χ3n) is 6.53. The van der Waals surface area contributed by atoms with Crippen molar-refractivity contribution in [3.63, 3.8) is 0 Å². The van der Waals surface area contributed by atoms with Crippen LogP contribution < -0.4 is 20.7 Å². The number of anilines is 2. The molecule has 3 N–H and O–H groups in total. The first-order valence-corrected chi connectivity index (χ1v) is 13.4. The predicted octanol–water partition coefficient (Wildman–Crippen LogP) is 4.41. The Morgan fingerprint density at radius 2 is 1.80 bits per heavy atom. The second-order valence-corrected chi connectivity index (χ2v) is 10.3. The van der Waals surface area contributed by atoms with Crippen LogP contribution >= 0.6 is 12.2 Å². The molecule has 41 heavy (non-hydrogen) atoms. The number of hydrogen-bond donors (Lipinski definition) is 3. The topological polar surface area (TPSA) is 112 Å². The number of carbonyl (C=O) groups excluding carboxylic acids is 2. The number of urea groups is 1. The smallest absolute Gasteiger partial charge is 0.322 e. The van der Waals surface area contributed by atoms with E-state index in [1.807, 2.05) is 0 Å². The molecule has 3 amide bonds. The summed E-state index contributed by atoms with van der Waals surface area (Å²) in [6.07, 6.45) is 3.29. The van der Waals surface area contributed by atoms with Crippen molar-refractivity contribution in [2.45, 2.75) is 19.3 Å². The van der Waals surface area contributed by atoms with Gasteiger partial charge in [0.2, 0.25) is 11.8 Å². The molecule has 10 nitrogen and oxygen atoms in total. The van der Waals surface area contributed by atoms with Gasteiger partial charge < -0.3 is 25.2 Å². The zero-order valence-electron chi connectivity index (χ0n) is 22.7. The fourth-order valence-electron chi connectivity index (χ4n) is 4.28. The Balaban J connectivity index is 1.28. The number of nitrogens with zero attached hydrogens (tertiary/aromatic N) is 4. The van der Waals surface area contributed by atoms with Crippen LogP contribution in [0.2, 0.25) is 0 Å². The highest BCUT2D eigenvalue weighted by Gasteiger charge is 2.21. The molecule has 216 valence electrons. The minimum absolute atomic E-state index is 0.000758. The van der Waals surface area contributed by atoms with E-state index in [2.05, 4.69) is 37.9 Å². The van der Waals surface area contributed by atoms with Crippen LogP contribution in [0, 0.1) is 17.6 Å². The molecule has 0 radical (unpaired) electrons. The van der Waals surface area contributed by atoms with Gasteiger partial charge in [-0.1, -0.05) is 12.1 Å². The minimum Gasteiger partial charge on any atom is -0.436 e. The summed E-state index contributed by atoms with van der Waals surface area (Å²) in [6.45, 7) is 2.67. The number of hydrogen-bond acceptors (Lipinski definition) is 7. The van der Waals surface area contributed by atoms with Gasteiger partial charge in [0.15, 0.2) is 16.7 Å². The summed E-state index contributed by atoms with van der Waals surface area (Å²) in [5.74, 6) is -0.927. The van der Waals surface area contributed by atoms with Crippen molar-refractivity contribution in [2.75, 3.05) is 44.4 Å². The summed E-state index contributed by atoms with van der Waals surface area (Å²) in [5, 5.41) is 7.93. The fourth-order valence-corrected chi connectivity index (χ4v) is 4.51. The van der Waals surface area contributed by atoms with E-state index >= 15 is 0 Å². The Labute approximate surface area is 242 Å². The summed E-state index contributed by atoms with van der Waals surface area (Å²) in [7, 11) is 3.83. The molecular formula is C28H31F2N7O3S. The monoisotopic (exact) mass is 583 g/mol. The second kappa shape index (κ2) is 13.9. The van der Waals surface area contributed by atoms with E-state index in [-0.39, 0.29) is 40.7 Å². The zero-order chi connectivity index (χ0) is 29.4. The number of amides is 3. The number of piperidine rings is 1. The first-order valence-electron chi connectivity index (χ1n) is 13.0. The van der Waals surface area contributed by atoms with Crippen molar-refractivity contribution in [3.8, 4) is 11.6 Å². The Morgan fingerprint density at radius 1 is 1.07 bits per heavy atom. The molecule has 0 atom stereocenters. The van der Waals surface area contributed by atoms with Gasteiger partial charge in [0.1, 0.15) is 18.0 Å². The van der Waals surface area contributed by atoms with Gasteiger partial charge in [-0.25, -0.2) is 23.5 Å². The maximum Gasteiger partial charge on any atom is 0.322 e. The van der Waals surface area contributed by atoms with Crippen molar-refractivity contribution in [3.05, 3.63) is 72.1 Å². The zero-order valence-corrected chi connectivity index (χ0v) is 23.5. The molecule has 0 aliphatic carbocycles. The number of likely N-dealkylation sites (tertiary alicyclic amines) is 1. The van der Waals surface area contributed by atoms with Gasteiger partial charge in [0.05, 0.1) is 6.42 Å². The van der Waals surface area contributed by atoms with Gasteiger partial charge in [-0.2, -0.15) is 0 Å². The minimum atomic E-state index is -0.711. The number of thiocarbonyl (C=S) groups is 1. The van der Waals surface area contributed by atoms with Gasteiger partial charge in [0, 0.05) is 31.4 Å². The molecule has 4 rings (SSSR count). The van der Waals surface area contributed by atoms with Crippen molar-refractivity contribution < 1.29 is 23.1 Å². The van der Waals surface area contributed by atoms with E-state index in [0.717, 1.165) is 32.0 Å². The van der Waals surface area contributed by atoms with Gasteiger partial charge in [-0.05, 0) is 80.9 Å². The highest BCUT2D eigenvalue weighted by Crippen LogP contribution is 2.26. The van der Waals surface area contributed by atoms with Gasteiger partial charge >= 0.3 is 6.03 Å². The molecule has 1 fully saturated rings. The van der Waals surface area contributed by atoms with Gasteiger partial charge in [-0.3, -0.25) is 10.1 Å². The standard InChI is InChI=1S/C28H31F2N7O3S/c1-36-11-9-19(10-12-36)16-37(2)28(39)34-24-15-26(32-17-31-24)40-23-8-7-21(14-22(23)30)33-27(41)35-25(38)13-18-3-5-20(29)6-4-18/h3-8,14-15,17,19H,9-13,16H2,1-2H3,(H,31,32,34,39)(H2,33,35,38,41). The van der Waals surface area contributed by atoms with Crippen LogP contribution in [0.25, 0.3) is 0 Å². The Hall–Kier alpha value is -4.23. The van der Waals surface area contributed by atoms with Gasteiger partial charge in [0.25, 0.3) is 0 Å². The highest BCUT2D eigenvalue weighted by molar-refractivity contribution is 7.80. The Kier molecular flexibility index (Phi) is 10.1. The third kappa shape index (κ3) is 9.15. The molecule has 1 aliphatic rings. The molecule has 3 aromatic rings. The number of rotatable bonds is 8. The van der Waals surface area contributed by atoms with Crippen LogP contribution in [0.5, 0.6) is 11.6 Å². The van der Waals surface area contributed by atoms with E-state index < -0.39 is 17.5 Å². The van der Waals surface area contributed by atoms with E-state index in [1.165, 1.54) is 48.8 Å². The number of benzene rings is 2. The predicted molar refractivity (Wildman–Crippen MR) is 155 cm³/mol. The molecule has 2 aromatic carbocycles. The summed E-state index contributed by atoms with van der Waals surface area (Å²) < 4.78 is 33.4. The van der Waals surface area contributed by atoms with Crippen LogP contribution in [0.1, 0.15) is 18.4 Å². The van der Waals surface area contributed by atoms with E-state index in [4.69, 9.17) is 17.0 Å². The second-order valence-electron chi connectivity index (χ2n) is 9.85. The van der Waals surface area contributed by atoms with Crippen LogP contribution in [0.15, 0.2) is 54.9 Å². The quantitative estimate of drug-likeness (QED) is 0.335. The molecule has 0 saturated carbocycles. The molecule has 2 heterocycles. The van der Waals surface area contributed by atoms with Crippen LogP contribution in [-0.2, 0) is 11.2 Å². The summed E-state index contributed by atoms with van der Waals surface area (Å²) >= 11 is 5.13. The molecule has 0 bridgehead atoms. The normalized spacial score (nSPS) is 13.8. The summed E-state index contributed by atoms with van der Waals surface area (Å²) in [4.78, 5) is 36.8. The lowest BCUT2D eigenvalue weighted by Gasteiger charge is -2.31. The fraction of sp³-hybridized carbons (Fsp3) is 0.321. The number of nitrogens with one attached hydrogen (secondary N) is 3. The van der Waals surface area contributed by atoms with Crippen molar-refractivity contribution in [2.24, 2.45) is 5.92 Å². The average Bonchev–Trinajstić information content (AvgIpc) is 2.93. The largest absolute Gasteiger partial charge is 0.436 e. The maximum atomic E-state index is 14.8. The SMILES string of the molecule is CN1CCC(CN(C)C(=O)Nc2cc(Oc3ccc(NC(=S)NC(=O)Cc4ccc(F)cc4)cc3F)ncn2)CC1. The highest BCUT2D eigenvalue weighted by atomic mass is 32.1. The lowest BCUT2D eigenvalue weighted by atomic mass is 9.97. The molecule has 1 saturated heterocycles. The number of halogens is 2. The van der Waals surface area contributed by atoms with Crippen molar-refractivity contribution in [1.29, 1.82) is 0 Å². The number of aromatic nitrogens is 2. The van der Waals surface area contributed by atoms with Crippen LogP contribution in [-0.4, -0.2) is 70.5 Å². The van der Waals surface area contributed by atoms with Crippen LogP contribution in [0.4, 0.5) is 25.1 Å². The van der Waals surface area contributed by atoms with Crippen molar-refractivity contribution in [1.82, 2.24) is 25.1 Å². The van der Waals surface area contributed by atoms with E-state index in [1.54, 1.807) is 11.9 Å². The summed E-state index contributed by atoms with van der Waals surface area (Å²) in [6, 6.07) is 10.7. The summed E-state index contributed by atoms with van der Waals surface area (Å²) in [5.41, 5.74) is 0.900. The Morgan fingerprint density at radius 3 is 2.51 bits per heavy atom. The number of ether oxygens (including phenoxy) is 1. The first kappa shape index (κ1) is 29.7. The Bertz CT molecular complexity index is 1390. The van der Waals surface area contributed by atoms with E-state index in [9.17, 15) is 18.4 Å². The van der Waals surface area contributed by atoms with Crippen LogP contribution in [0.3, 0.4) is 0 Å². The molecule has 1 aliphatic heterocycles. The van der Waals surface area contributed by atoms with Gasteiger partial charge in [-0.15, -0.1) is 0 Å². The maximum absolute atomic E-state index is 14.8. The number of carbonyl (C=O) groups is 2. The third-order valence-corrected chi connectivity index (χ3v) is 6.73. The lowest BCUT2D eigenvalue weighted by Crippen LogP contribution is -2.39. The molecule has 0 spiro atoms. The average molecular weight is 584 g/mol. The molecular weight excluding hydrogens is 552 g/mol. The first-order chi connectivity index (χ1) is 19.6. The molecule has 1 aromatic heterocycles.